The molecule has 32 heavy (non-hydrogen) atoms. The highest BCUT2D eigenvalue weighted by molar-refractivity contribution is 6.94. The summed E-state index contributed by atoms with van der Waals surface area (Å²) in [6, 6.07) is 2.07. The standard InChI is InChI=1S/C29H50O2Si/c1-19(2)32(20(3)4,21(5)6)27-23(14-17-31-27)25(30)18-24-22(7)12-13-26-28(8,9)15-11-16-29(24,26)10/h14,17,19-21,24-26,30H,7,11-13,15-16,18H2,1-6,8-10H3/t24-,25-,26-,29+/m0/s1. The minimum absolute atomic E-state index is 0.241. The van der Waals surface area contributed by atoms with Crippen LogP contribution < -0.4 is 5.38 Å². The fraction of sp³-hybridized carbons (Fsp3) is 0.793. The van der Waals surface area contributed by atoms with E-state index in [1.807, 2.05) is 6.26 Å². The molecular weight excluding hydrogens is 408 g/mol. The predicted molar refractivity (Wildman–Crippen MR) is 140 cm³/mol. The molecule has 0 radical (unpaired) electrons. The van der Waals surface area contributed by atoms with Crippen LogP contribution in [-0.2, 0) is 0 Å². The van der Waals surface area contributed by atoms with E-state index in [1.165, 1.54) is 31.3 Å². The quantitative estimate of drug-likeness (QED) is 0.329. The van der Waals surface area contributed by atoms with Crippen LogP contribution in [0.1, 0.15) is 113 Å². The Morgan fingerprint density at radius 1 is 1.06 bits per heavy atom. The zero-order valence-electron chi connectivity index (χ0n) is 22.4. The van der Waals surface area contributed by atoms with E-state index in [9.17, 15) is 5.11 Å². The Morgan fingerprint density at radius 2 is 1.66 bits per heavy atom. The molecule has 4 atom stereocenters. The maximum absolute atomic E-state index is 11.7. The van der Waals surface area contributed by atoms with Crippen molar-refractivity contribution < 1.29 is 9.52 Å². The van der Waals surface area contributed by atoms with Crippen LogP contribution in [-0.4, -0.2) is 13.2 Å². The summed E-state index contributed by atoms with van der Waals surface area (Å²) in [4.78, 5) is 0. The summed E-state index contributed by atoms with van der Waals surface area (Å²) in [7, 11) is -1.97. The number of hydrogen-bond acceptors (Lipinski definition) is 2. The van der Waals surface area contributed by atoms with Crippen molar-refractivity contribution in [3.05, 3.63) is 30.0 Å². The summed E-state index contributed by atoms with van der Waals surface area (Å²) in [6.45, 7) is 26.2. The molecule has 0 amide bonds. The molecule has 0 saturated heterocycles. The van der Waals surface area contributed by atoms with E-state index in [4.69, 9.17) is 4.42 Å². The molecule has 2 aliphatic rings. The fourth-order valence-corrected chi connectivity index (χ4v) is 15.4. The molecule has 2 nitrogen and oxygen atoms in total. The molecule has 2 saturated carbocycles. The van der Waals surface area contributed by atoms with Crippen LogP contribution in [0, 0.1) is 22.7 Å². The topological polar surface area (TPSA) is 33.4 Å². The van der Waals surface area contributed by atoms with Crippen molar-refractivity contribution in [2.45, 2.75) is 124 Å². The smallest absolute Gasteiger partial charge is 0.140 e. The molecule has 0 spiro atoms. The van der Waals surface area contributed by atoms with E-state index < -0.39 is 14.2 Å². The Balaban J connectivity index is 1.97. The average molecular weight is 459 g/mol. The van der Waals surface area contributed by atoms with Crippen molar-refractivity contribution in [2.24, 2.45) is 22.7 Å². The highest BCUT2D eigenvalue weighted by Gasteiger charge is 2.54. The third-order valence-corrected chi connectivity index (χ3v) is 17.0. The molecule has 1 aromatic rings. The molecule has 2 fully saturated rings. The summed E-state index contributed by atoms with van der Waals surface area (Å²) < 4.78 is 6.30. The number of aliphatic hydroxyl groups is 1. The highest BCUT2D eigenvalue weighted by Crippen LogP contribution is 2.62. The van der Waals surface area contributed by atoms with Gasteiger partial charge in [0, 0.05) is 5.56 Å². The van der Waals surface area contributed by atoms with Crippen LogP contribution in [0.4, 0.5) is 0 Å². The van der Waals surface area contributed by atoms with Gasteiger partial charge in [0.2, 0.25) is 0 Å². The lowest BCUT2D eigenvalue weighted by molar-refractivity contribution is -0.0637. The number of allylic oxidation sites excluding steroid dienone is 1. The van der Waals surface area contributed by atoms with Gasteiger partial charge in [-0.2, -0.15) is 0 Å². The van der Waals surface area contributed by atoms with Gasteiger partial charge in [-0.25, -0.2) is 0 Å². The highest BCUT2D eigenvalue weighted by atomic mass is 28.3. The molecule has 3 heteroatoms. The summed E-state index contributed by atoms with van der Waals surface area (Å²) in [5.74, 6) is 1.09. The SMILES string of the molecule is C=C1CC[C@H]2C(C)(C)CCC[C@]2(C)[C@H]1C[C@H](O)c1ccoc1[Si](C(C)C)(C(C)C)C(C)C. The van der Waals surface area contributed by atoms with Crippen molar-refractivity contribution >= 4 is 13.5 Å². The number of fused-ring (bicyclic) bond motifs is 1. The Bertz CT molecular complexity index is 780. The second-order valence-electron chi connectivity index (χ2n) is 13.0. The monoisotopic (exact) mass is 458 g/mol. The van der Waals surface area contributed by atoms with Crippen molar-refractivity contribution in [1.82, 2.24) is 0 Å². The van der Waals surface area contributed by atoms with Crippen LogP contribution in [0.3, 0.4) is 0 Å². The normalized spacial score (nSPS) is 29.6. The second-order valence-corrected chi connectivity index (χ2v) is 18.8. The van der Waals surface area contributed by atoms with Gasteiger partial charge in [-0.1, -0.05) is 80.9 Å². The molecule has 1 N–H and O–H groups in total. The lowest BCUT2D eigenvalue weighted by atomic mass is 9.47. The van der Waals surface area contributed by atoms with Crippen LogP contribution >= 0.6 is 0 Å². The van der Waals surface area contributed by atoms with E-state index in [-0.39, 0.29) is 5.41 Å². The third kappa shape index (κ3) is 4.00. The Hall–Kier alpha value is -0.803. The van der Waals surface area contributed by atoms with Crippen LogP contribution in [0.15, 0.2) is 28.9 Å². The van der Waals surface area contributed by atoms with Gasteiger partial charge in [0.15, 0.2) is 0 Å². The summed E-state index contributed by atoms with van der Waals surface area (Å²) in [5, 5.41) is 12.9. The first-order valence-corrected chi connectivity index (χ1v) is 15.5. The minimum Gasteiger partial charge on any atom is -0.474 e. The minimum atomic E-state index is -1.97. The van der Waals surface area contributed by atoms with Gasteiger partial charge in [-0.15, -0.1) is 0 Å². The van der Waals surface area contributed by atoms with Gasteiger partial charge in [-0.05, 0) is 77.5 Å². The molecule has 1 aromatic heterocycles. The van der Waals surface area contributed by atoms with Crippen LogP contribution in [0.5, 0.6) is 0 Å². The summed E-state index contributed by atoms with van der Waals surface area (Å²) in [6.07, 6.45) is 8.40. The molecule has 0 aromatic carbocycles. The Morgan fingerprint density at radius 3 is 2.22 bits per heavy atom. The van der Waals surface area contributed by atoms with Crippen molar-refractivity contribution in [2.75, 3.05) is 0 Å². The molecule has 2 aliphatic carbocycles. The van der Waals surface area contributed by atoms with Crippen LogP contribution in [0.25, 0.3) is 0 Å². The second kappa shape index (κ2) is 9.10. The van der Waals surface area contributed by atoms with Gasteiger partial charge in [0.1, 0.15) is 8.07 Å². The number of rotatable bonds is 7. The average Bonchev–Trinajstić information content (AvgIpc) is 3.13. The fourth-order valence-electron chi connectivity index (χ4n) is 8.78. The lowest BCUT2D eigenvalue weighted by Gasteiger charge is -2.58. The maximum Gasteiger partial charge on any atom is 0.140 e. The first kappa shape index (κ1) is 25.8. The van der Waals surface area contributed by atoms with Gasteiger partial charge < -0.3 is 9.52 Å². The van der Waals surface area contributed by atoms with Gasteiger partial charge in [0.25, 0.3) is 0 Å². The number of aliphatic hydroxyl groups excluding tert-OH is 1. The molecule has 3 rings (SSSR count). The summed E-state index contributed by atoms with van der Waals surface area (Å²) >= 11 is 0. The molecule has 0 unspecified atom stereocenters. The summed E-state index contributed by atoms with van der Waals surface area (Å²) in [5.41, 5.74) is 4.74. The first-order chi connectivity index (χ1) is 14.8. The molecular formula is C29H50O2Si. The molecule has 0 bridgehead atoms. The van der Waals surface area contributed by atoms with E-state index in [2.05, 4.69) is 75.0 Å². The van der Waals surface area contributed by atoms with Crippen molar-refractivity contribution in [3.63, 3.8) is 0 Å². The first-order valence-electron chi connectivity index (χ1n) is 13.2. The predicted octanol–water partition coefficient (Wildman–Crippen LogP) is 8.39. The lowest BCUT2D eigenvalue weighted by Crippen LogP contribution is -2.56. The third-order valence-electron chi connectivity index (χ3n) is 10.1. The maximum atomic E-state index is 11.7. The number of furan rings is 1. The molecule has 1 heterocycles. The van der Waals surface area contributed by atoms with E-state index in [1.54, 1.807) is 0 Å². The van der Waals surface area contributed by atoms with E-state index in [0.29, 0.717) is 33.9 Å². The van der Waals surface area contributed by atoms with E-state index in [0.717, 1.165) is 23.8 Å². The van der Waals surface area contributed by atoms with Crippen molar-refractivity contribution in [3.8, 4) is 0 Å². The zero-order valence-corrected chi connectivity index (χ0v) is 23.4. The van der Waals surface area contributed by atoms with Crippen molar-refractivity contribution in [1.29, 1.82) is 0 Å². The molecule has 182 valence electrons. The van der Waals surface area contributed by atoms with E-state index >= 15 is 0 Å². The van der Waals surface area contributed by atoms with Gasteiger partial charge >= 0.3 is 0 Å². The molecule has 0 aliphatic heterocycles. The largest absolute Gasteiger partial charge is 0.474 e. The van der Waals surface area contributed by atoms with Crippen LogP contribution in [0.2, 0.25) is 16.6 Å². The van der Waals surface area contributed by atoms with Gasteiger partial charge in [0.05, 0.1) is 17.8 Å². The van der Waals surface area contributed by atoms with Gasteiger partial charge in [-0.3, -0.25) is 0 Å². The zero-order chi connectivity index (χ0) is 24.1. The Kier molecular flexibility index (Phi) is 7.34. The number of hydrogen-bond donors (Lipinski definition) is 1. The Labute approximate surface area is 199 Å².